The molecule has 2 N–H and O–H groups in total. The lowest BCUT2D eigenvalue weighted by molar-refractivity contribution is 0.0998. The van der Waals surface area contributed by atoms with E-state index in [1.807, 2.05) is 51.1 Å². The number of nitrogens with zero attached hydrogens (tertiary/aromatic N) is 1. The van der Waals surface area contributed by atoms with E-state index in [4.69, 9.17) is 9.47 Å². The van der Waals surface area contributed by atoms with Crippen molar-refractivity contribution >= 4 is 6.03 Å². The Morgan fingerprint density at radius 1 is 1.30 bits per heavy atom. The van der Waals surface area contributed by atoms with Crippen molar-refractivity contribution in [3.8, 4) is 5.75 Å². The Morgan fingerprint density at radius 3 is 2.81 bits per heavy atom. The van der Waals surface area contributed by atoms with Gasteiger partial charge < -0.3 is 20.1 Å². The summed E-state index contributed by atoms with van der Waals surface area (Å²) in [4.78, 5) is 16.5. The first-order chi connectivity index (χ1) is 13.0. The highest BCUT2D eigenvalue weighted by molar-refractivity contribution is 5.74. The number of pyridine rings is 1. The van der Waals surface area contributed by atoms with Gasteiger partial charge in [0.2, 0.25) is 0 Å². The zero-order valence-electron chi connectivity index (χ0n) is 16.1. The molecule has 1 aliphatic rings. The van der Waals surface area contributed by atoms with Crippen molar-refractivity contribution in [1.82, 2.24) is 15.6 Å². The molecular weight excluding hydrogens is 342 g/mol. The molecule has 6 heteroatoms. The van der Waals surface area contributed by atoms with Gasteiger partial charge in [0.25, 0.3) is 0 Å². The van der Waals surface area contributed by atoms with Crippen LogP contribution in [0.3, 0.4) is 0 Å². The van der Waals surface area contributed by atoms with Crippen LogP contribution >= 0.6 is 0 Å². The fourth-order valence-electron chi connectivity index (χ4n) is 3.19. The van der Waals surface area contributed by atoms with Gasteiger partial charge >= 0.3 is 6.03 Å². The predicted molar refractivity (Wildman–Crippen MR) is 104 cm³/mol. The molecule has 1 saturated heterocycles. The van der Waals surface area contributed by atoms with E-state index in [2.05, 4.69) is 15.6 Å². The molecule has 2 atom stereocenters. The quantitative estimate of drug-likeness (QED) is 0.817. The summed E-state index contributed by atoms with van der Waals surface area (Å²) >= 11 is 0. The number of rotatable bonds is 6. The first-order valence-electron chi connectivity index (χ1n) is 9.35. The number of carbonyl (C=O) groups excluding carboxylic acids is 1. The first kappa shape index (κ1) is 19.2. The molecule has 2 heterocycles. The zero-order chi connectivity index (χ0) is 19.2. The van der Waals surface area contributed by atoms with Gasteiger partial charge in [-0.15, -0.1) is 0 Å². The van der Waals surface area contributed by atoms with Gasteiger partial charge in [0.05, 0.1) is 12.1 Å². The summed E-state index contributed by atoms with van der Waals surface area (Å²) in [5.41, 5.74) is 3.11. The second-order valence-corrected chi connectivity index (χ2v) is 7.07. The standard InChI is InChI=1S/C21H27N3O3/c1-14(2)27-19-12-15(3)4-5-17(19)13-23-21(25)24-18-8-11-26-20(18)16-6-9-22-10-7-16/h4-7,9-10,12,14,18,20H,8,11,13H2,1-3H3,(H2,23,24,25)/t18-,20+/m1/s1. The van der Waals surface area contributed by atoms with Gasteiger partial charge in [0.1, 0.15) is 11.9 Å². The number of urea groups is 1. The molecule has 0 saturated carbocycles. The number of hydrogen-bond donors (Lipinski definition) is 2. The highest BCUT2D eigenvalue weighted by atomic mass is 16.5. The number of ether oxygens (including phenoxy) is 2. The summed E-state index contributed by atoms with van der Waals surface area (Å²) in [6.45, 7) is 7.04. The molecule has 3 rings (SSSR count). The van der Waals surface area contributed by atoms with E-state index in [0.29, 0.717) is 13.2 Å². The van der Waals surface area contributed by atoms with Crippen LogP contribution in [0.15, 0.2) is 42.7 Å². The predicted octanol–water partition coefficient (Wildman–Crippen LogP) is 3.51. The van der Waals surface area contributed by atoms with E-state index in [9.17, 15) is 4.79 Å². The average Bonchev–Trinajstić information content (AvgIpc) is 3.09. The minimum atomic E-state index is -0.208. The number of nitrogens with one attached hydrogen (secondary N) is 2. The molecule has 0 unspecified atom stereocenters. The van der Waals surface area contributed by atoms with Crippen LogP contribution < -0.4 is 15.4 Å². The van der Waals surface area contributed by atoms with Crippen molar-refractivity contribution in [1.29, 1.82) is 0 Å². The van der Waals surface area contributed by atoms with Crippen molar-refractivity contribution in [2.24, 2.45) is 0 Å². The van der Waals surface area contributed by atoms with Crippen LogP contribution in [0.5, 0.6) is 5.75 Å². The number of aryl methyl sites for hydroxylation is 1. The normalized spacial score (nSPS) is 19.1. The Kier molecular flexibility index (Phi) is 6.29. The Labute approximate surface area is 160 Å². The molecule has 0 spiro atoms. The highest BCUT2D eigenvalue weighted by Gasteiger charge is 2.30. The Hall–Kier alpha value is -2.60. The molecule has 0 aliphatic carbocycles. The van der Waals surface area contributed by atoms with E-state index < -0.39 is 0 Å². The topological polar surface area (TPSA) is 72.5 Å². The second kappa shape index (κ2) is 8.86. The second-order valence-electron chi connectivity index (χ2n) is 7.07. The summed E-state index contributed by atoms with van der Waals surface area (Å²) in [6, 6.07) is 9.59. The van der Waals surface area contributed by atoms with Crippen LogP contribution in [-0.2, 0) is 11.3 Å². The molecule has 0 bridgehead atoms. The third kappa shape index (κ3) is 5.20. The van der Waals surface area contributed by atoms with Gasteiger partial charge in [-0.1, -0.05) is 12.1 Å². The SMILES string of the molecule is Cc1ccc(CNC(=O)N[C@@H]2CCO[C@H]2c2ccncc2)c(OC(C)C)c1. The lowest BCUT2D eigenvalue weighted by atomic mass is 10.0. The molecule has 2 aromatic rings. The highest BCUT2D eigenvalue weighted by Crippen LogP contribution is 2.28. The smallest absolute Gasteiger partial charge is 0.315 e. The van der Waals surface area contributed by atoms with Gasteiger partial charge in [-0.05, 0) is 56.5 Å². The van der Waals surface area contributed by atoms with Gasteiger partial charge in [-0.2, -0.15) is 0 Å². The van der Waals surface area contributed by atoms with Crippen molar-refractivity contribution in [2.45, 2.75) is 52.0 Å². The summed E-state index contributed by atoms with van der Waals surface area (Å²) in [5, 5.41) is 5.97. The number of carbonyl (C=O) groups is 1. The van der Waals surface area contributed by atoms with Gasteiger partial charge in [-0.3, -0.25) is 4.98 Å². The van der Waals surface area contributed by atoms with Gasteiger partial charge in [-0.25, -0.2) is 4.79 Å². The molecule has 6 nitrogen and oxygen atoms in total. The maximum Gasteiger partial charge on any atom is 0.315 e. The summed E-state index contributed by atoms with van der Waals surface area (Å²) in [6.07, 6.45) is 4.20. The molecule has 27 heavy (non-hydrogen) atoms. The lowest BCUT2D eigenvalue weighted by Gasteiger charge is -2.21. The van der Waals surface area contributed by atoms with Crippen LogP contribution in [0.1, 0.15) is 43.1 Å². The first-order valence-corrected chi connectivity index (χ1v) is 9.35. The van der Waals surface area contributed by atoms with Crippen LogP contribution in [0, 0.1) is 6.92 Å². The molecule has 1 fully saturated rings. The van der Waals surface area contributed by atoms with E-state index in [0.717, 1.165) is 28.9 Å². The van der Waals surface area contributed by atoms with Crippen LogP contribution in [-0.4, -0.2) is 29.8 Å². The molecule has 0 radical (unpaired) electrons. The van der Waals surface area contributed by atoms with Crippen molar-refractivity contribution in [3.63, 3.8) is 0 Å². The monoisotopic (exact) mass is 369 g/mol. The Bertz CT molecular complexity index is 765. The van der Waals surface area contributed by atoms with Crippen LogP contribution in [0.4, 0.5) is 4.79 Å². The minimum Gasteiger partial charge on any atom is -0.491 e. The van der Waals surface area contributed by atoms with Gasteiger partial charge in [0.15, 0.2) is 0 Å². The minimum absolute atomic E-state index is 0.0585. The van der Waals surface area contributed by atoms with Crippen molar-refractivity contribution in [2.75, 3.05) is 6.61 Å². The number of hydrogen-bond acceptors (Lipinski definition) is 4. The summed E-state index contributed by atoms with van der Waals surface area (Å²) < 4.78 is 11.7. The maximum absolute atomic E-state index is 12.4. The van der Waals surface area contributed by atoms with Crippen molar-refractivity contribution in [3.05, 3.63) is 59.4 Å². The Balaban J connectivity index is 1.58. The van der Waals surface area contributed by atoms with E-state index in [1.54, 1.807) is 12.4 Å². The average molecular weight is 369 g/mol. The van der Waals surface area contributed by atoms with E-state index >= 15 is 0 Å². The van der Waals surface area contributed by atoms with Gasteiger partial charge in [0, 0.05) is 31.1 Å². The molecular formula is C21H27N3O3. The lowest BCUT2D eigenvalue weighted by Crippen LogP contribution is -2.43. The van der Waals surface area contributed by atoms with Crippen molar-refractivity contribution < 1.29 is 14.3 Å². The third-order valence-corrected chi connectivity index (χ3v) is 4.47. The summed E-state index contributed by atoms with van der Waals surface area (Å²) in [5.74, 6) is 0.809. The molecule has 144 valence electrons. The number of amides is 2. The van der Waals surface area contributed by atoms with Crippen LogP contribution in [0.2, 0.25) is 0 Å². The molecule has 1 aliphatic heterocycles. The fourth-order valence-corrected chi connectivity index (χ4v) is 3.19. The molecule has 2 amide bonds. The molecule has 1 aromatic heterocycles. The molecule has 1 aromatic carbocycles. The maximum atomic E-state index is 12.4. The third-order valence-electron chi connectivity index (χ3n) is 4.47. The number of aromatic nitrogens is 1. The van der Waals surface area contributed by atoms with E-state index in [-0.39, 0.29) is 24.3 Å². The largest absolute Gasteiger partial charge is 0.491 e. The fraction of sp³-hybridized carbons (Fsp3) is 0.429. The number of benzene rings is 1. The zero-order valence-corrected chi connectivity index (χ0v) is 16.1. The van der Waals surface area contributed by atoms with Crippen LogP contribution in [0.25, 0.3) is 0 Å². The Morgan fingerprint density at radius 2 is 2.07 bits per heavy atom. The van der Waals surface area contributed by atoms with E-state index in [1.165, 1.54) is 0 Å². The summed E-state index contributed by atoms with van der Waals surface area (Å²) in [7, 11) is 0.